The highest BCUT2D eigenvalue weighted by Gasteiger charge is 2.14. The minimum Gasteiger partial charge on any atom is -0.392 e. The zero-order valence-electron chi connectivity index (χ0n) is 6.47. The van der Waals surface area contributed by atoms with Gasteiger partial charge < -0.3 is 10.2 Å². The number of hydrogen-bond acceptors (Lipinski definition) is 2. The fourth-order valence-corrected chi connectivity index (χ4v) is 0.751. The van der Waals surface area contributed by atoms with Gasteiger partial charge in [0, 0.05) is 5.88 Å². The molecule has 0 saturated heterocycles. The van der Waals surface area contributed by atoms with Crippen molar-refractivity contribution in [2.24, 2.45) is 0 Å². The molecular formula is C7H15ClO2. The van der Waals surface area contributed by atoms with Gasteiger partial charge in [-0.25, -0.2) is 0 Å². The van der Waals surface area contributed by atoms with Gasteiger partial charge in [-0.2, -0.15) is 0 Å². The van der Waals surface area contributed by atoms with Crippen molar-refractivity contribution >= 4 is 11.6 Å². The van der Waals surface area contributed by atoms with E-state index in [2.05, 4.69) is 0 Å². The number of rotatable bonds is 4. The predicted molar refractivity (Wildman–Crippen MR) is 42.3 cm³/mol. The van der Waals surface area contributed by atoms with Crippen molar-refractivity contribution in [1.29, 1.82) is 0 Å². The summed E-state index contributed by atoms with van der Waals surface area (Å²) in [5.74, 6) is 0.246. The van der Waals surface area contributed by atoms with Crippen LogP contribution in [0.2, 0.25) is 0 Å². The molecule has 0 bridgehead atoms. The van der Waals surface area contributed by atoms with E-state index in [1.165, 1.54) is 0 Å². The standard InChI is InChI=1S/C7H15ClO2/c1-7(2,10)4-3-6(9)5-8/h6,9-10H,3-5H2,1-2H3. The van der Waals surface area contributed by atoms with Crippen LogP contribution in [0.3, 0.4) is 0 Å². The Morgan fingerprint density at radius 1 is 1.50 bits per heavy atom. The first-order chi connectivity index (χ1) is 4.45. The smallest absolute Gasteiger partial charge is 0.0676 e. The highest BCUT2D eigenvalue weighted by molar-refractivity contribution is 6.18. The third-order valence-electron chi connectivity index (χ3n) is 1.27. The molecule has 0 rings (SSSR count). The van der Waals surface area contributed by atoms with Gasteiger partial charge in [-0.05, 0) is 26.7 Å². The number of aliphatic hydroxyl groups excluding tert-OH is 1. The first-order valence-corrected chi connectivity index (χ1v) is 3.95. The first-order valence-electron chi connectivity index (χ1n) is 3.42. The van der Waals surface area contributed by atoms with Crippen LogP contribution in [0, 0.1) is 0 Å². The lowest BCUT2D eigenvalue weighted by Crippen LogP contribution is -2.21. The highest BCUT2D eigenvalue weighted by atomic mass is 35.5. The molecule has 1 atom stereocenters. The van der Waals surface area contributed by atoms with Gasteiger partial charge in [0.15, 0.2) is 0 Å². The molecule has 1 unspecified atom stereocenters. The molecule has 0 aromatic rings. The van der Waals surface area contributed by atoms with E-state index in [4.69, 9.17) is 16.7 Å². The zero-order valence-corrected chi connectivity index (χ0v) is 7.23. The van der Waals surface area contributed by atoms with Gasteiger partial charge in [-0.1, -0.05) is 0 Å². The van der Waals surface area contributed by atoms with Gasteiger partial charge in [0.05, 0.1) is 11.7 Å². The van der Waals surface area contributed by atoms with Gasteiger partial charge in [0.2, 0.25) is 0 Å². The molecule has 0 heterocycles. The summed E-state index contributed by atoms with van der Waals surface area (Å²) >= 11 is 5.35. The Morgan fingerprint density at radius 2 is 2.00 bits per heavy atom. The minimum atomic E-state index is -0.687. The van der Waals surface area contributed by atoms with Crippen LogP contribution in [0.1, 0.15) is 26.7 Å². The van der Waals surface area contributed by atoms with Crippen LogP contribution in [0.4, 0.5) is 0 Å². The predicted octanol–water partition coefficient (Wildman–Crippen LogP) is 1.14. The van der Waals surface area contributed by atoms with Crippen LogP contribution in [-0.4, -0.2) is 27.8 Å². The van der Waals surface area contributed by atoms with E-state index < -0.39 is 11.7 Å². The van der Waals surface area contributed by atoms with Gasteiger partial charge in [0.1, 0.15) is 0 Å². The summed E-state index contributed by atoms with van der Waals surface area (Å²) < 4.78 is 0. The van der Waals surface area contributed by atoms with Crippen molar-refractivity contribution in [3.05, 3.63) is 0 Å². The molecule has 0 aliphatic rings. The number of alkyl halides is 1. The average Bonchev–Trinajstić information content (AvgIpc) is 1.81. The quantitative estimate of drug-likeness (QED) is 0.615. The molecule has 0 fully saturated rings. The molecule has 0 spiro atoms. The maximum Gasteiger partial charge on any atom is 0.0676 e. The second-order valence-corrected chi connectivity index (χ2v) is 3.47. The third-order valence-corrected chi connectivity index (χ3v) is 1.62. The van der Waals surface area contributed by atoms with Crippen LogP contribution in [0.15, 0.2) is 0 Å². The van der Waals surface area contributed by atoms with E-state index in [9.17, 15) is 5.11 Å². The Hall–Kier alpha value is 0.210. The molecule has 2 nitrogen and oxygen atoms in total. The molecule has 0 aromatic heterocycles. The number of hydrogen-bond donors (Lipinski definition) is 2. The lowest BCUT2D eigenvalue weighted by molar-refractivity contribution is 0.0524. The molecule has 0 saturated carbocycles. The average molecular weight is 167 g/mol. The Morgan fingerprint density at radius 3 is 2.30 bits per heavy atom. The monoisotopic (exact) mass is 166 g/mol. The van der Waals surface area contributed by atoms with Crippen molar-refractivity contribution < 1.29 is 10.2 Å². The molecule has 0 amide bonds. The lowest BCUT2D eigenvalue weighted by atomic mass is 10.0. The van der Waals surface area contributed by atoms with Crippen LogP contribution < -0.4 is 0 Å². The second kappa shape index (κ2) is 4.16. The summed E-state index contributed by atoms with van der Waals surface area (Å²) in [5.41, 5.74) is -0.687. The second-order valence-electron chi connectivity index (χ2n) is 3.16. The van der Waals surface area contributed by atoms with Gasteiger partial charge >= 0.3 is 0 Å². The van der Waals surface area contributed by atoms with Crippen LogP contribution >= 0.6 is 11.6 Å². The summed E-state index contributed by atoms with van der Waals surface area (Å²) in [4.78, 5) is 0. The molecular weight excluding hydrogens is 152 g/mol. The largest absolute Gasteiger partial charge is 0.392 e. The molecule has 0 aliphatic carbocycles. The Bertz CT molecular complexity index is 88.1. The van der Waals surface area contributed by atoms with Crippen LogP contribution in [0.25, 0.3) is 0 Å². The van der Waals surface area contributed by atoms with E-state index in [0.717, 1.165) is 0 Å². The van der Waals surface area contributed by atoms with E-state index >= 15 is 0 Å². The van der Waals surface area contributed by atoms with Crippen molar-refractivity contribution in [3.63, 3.8) is 0 Å². The van der Waals surface area contributed by atoms with Gasteiger partial charge in [0.25, 0.3) is 0 Å². The fraction of sp³-hybridized carbons (Fsp3) is 1.00. The summed E-state index contributed by atoms with van der Waals surface area (Å²) in [6.45, 7) is 3.43. The topological polar surface area (TPSA) is 40.5 Å². The van der Waals surface area contributed by atoms with Crippen LogP contribution in [0.5, 0.6) is 0 Å². The molecule has 3 heteroatoms. The molecule has 62 valence electrons. The number of aliphatic hydroxyl groups is 2. The molecule has 0 radical (unpaired) electrons. The van der Waals surface area contributed by atoms with Gasteiger partial charge in [-0.15, -0.1) is 11.6 Å². The molecule has 0 aliphatic heterocycles. The first kappa shape index (κ1) is 10.2. The van der Waals surface area contributed by atoms with Gasteiger partial charge in [-0.3, -0.25) is 0 Å². The van der Waals surface area contributed by atoms with E-state index in [-0.39, 0.29) is 5.88 Å². The Labute approximate surface area is 66.8 Å². The summed E-state index contributed by atoms with van der Waals surface area (Å²) in [6.07, 6.45) is 0.668. The lowest BCUT2D eigenvalue weighted by Gasteiger charge is -2.17. The van der Waals surface area contributed by atoms with Crippen molar-refractivity contribution in [3.8, 4) is 0 Å². The summed E-state index contributed by atoms with van der Waals surface area (Å²) in [7, 11) is 0. The molecule has 10 heavy (non-hydrogen) atoms. The third kappa shape index (κ3) is 6.33. The highest BCUT2D eigenvalue weighted by Crippen LogP contribution is 2.12. The van der Waals surface area contributed by atoms with E-state index in [0.29, 0.717) is 12.8 Å². The number of halogens is 1. The van der Waals surface area contributed by atoms with E-state index in [1.54, 1.807) is 13.8 Å². The van der Waals surface area contributed by atoms with Crippen LogP contribution in [-0.2, 0) is 0 Å². The van der Waals surface area contributed by atoms with Crippen molar-refractivity contribution in [2.75, 3.05) is 5.88 Å². The normalized spacial score (nSPS) is 15.3. The maximum atomic E-state index is 9.21. The van der Waals surface area contributed by atoms with E-state index in [1.807, 2.05) is 0 Å². The summed E-state index contributed by atoms with van der Waals surface area (Å²) in [5, 5.41) is 18.2. The van der Waals surface area contributed by atoms with Crippen molar-refractivity contribution in [1.82, 2.24) is 0 Å². The molecule has 2 N–H and O–H groups in total. The SMILES string of the molecule is CC(C)(O)CCC(O)CCl. The minimum absolute atomic E-state index is 0.246. The maximum absolute atomic E-state index is 9.21. The molecule has 0 aromatic carbocycles. The fourth-order valence-electron chi connectivity index (χ4n) is 0.597. The Kier molecular flexibility index (Phi) is 4.25. The summed E-state index contributed by atoms with van der Waals surface area (Å²) in [6, 6.07) is 0. The Balaban J connectivity index is 3.36. The zero-order chi connectivity index (χ0) is 8.20. The van der Waals surface area contributed by atoms with Crippen molar-refractivity contribution in [2.45, 2.75) is 38.4 Å².